The summed E-state index contributed by atoms with van der Waals surface area (Å²) >= 11 is 0. The largest absolute Gasteiger partial charge is 0.299 e. The van der Waals surface area contributed by atoms with Gasteiger partial charge in [0.05, 0.1) is 13.1 Å². The van der Waals surface area contributed by atoms with Gasteiger partial charge in [0.1, 0.15) is 12.2 Å². The fraction of sp³-hybridized carbons (Fsp3) is 0.556. The third-order valence-corrected chi connectivity index (χ3v) is 1.67. The number of aromatic nitrogens is 3. The topological polar surface area (TPSA) is 42.7 Å². The number of aryl methyl sites for hydroxylation is 1. The standard InChI is InChI=1S/C9H14N4/c1-3-5-6-10-7-9-11-8-12-13(9)4-2/h8,10H,4,6-7H2,1-2H3. The molecule has 4 heteroatoms. The van der Waals surface area contributed by atoms with Crippen LogP contribution in [-0.4, -0.2) is 21.3 Å². The van der Waals surface area contributed by atoms with Gasteiger partial charge in [-0.3, -0.25) is 5.32 Å². The van der Waals surface area contributed by atoms with Crippen LogP contribution >= 0.6 is 0 Å². The van der Waals surface area contributed by atoms with Gasteiger partial charge in [0.15, 0.2) is 0 Å². The van der Waals surface area contributed by atoms with Gasteiger partial charge in [0.2, 0.25) is 0 Å². The third kappa shape index (κ3) is 2.88. The second-order valence-corrected chi connectivity index (χ2v) is 2.52. The van der Waals surface area contributed by atoms with E-state index >= 15 is 0 Å². The van der Waals surface area contributed by atoms with Crippen molar-refractivity contribution >= 4 is 0 Å². The summed E-state index contributed by atoms with van der Waals surface area (Å²) in [6, 6.07) is 0. The summed E-state index contributed by atoms with van der Waals surface area (Å²) < 4.78 is 1.87. The maximum Gasteiger partial charge on any atom is 0.140 e. The molecule has 0 radical (unpaired) electrons. The van der Waals surface area contributed by atoms with Crippen molar-refractivity contribution in [1.82, 2.24) is 20.1 Å². The minimum Gasteiger partial charge on any atom is -0.299 e. The monoisotopic (exact) mass is 178 g/mol. The molecule has 1 aromatic heterocycles. The zero-order valence-corrected chi connectivity index (χ0v) is 8.04. The first-order valence-electron chi connectivity index (χ1n) is 4.35. The lowest BCUT2D eigenvalue weighted by Gasteiger charge is -2.01. The molecule has 4 nitrogen and oxygen atoms in total. The average Bonchev–Trinajstić information content (AvgIpc) is 2.60. The molecule has 0 fully saturated rings. The number of hydrogen-bond acceptors (Lipinski definition) is 3. The predicted molar refractivity (Wildman–Crippen MR) is 50.9 cm³/mol. The molecule has 0 aliphatic carbocycles. The van der Waals surface area contributed by atoms with E-state index < -0.39 is 0 Å². The van der Waals surface area contributed by atoms with E-state index in [4.69, 9.17) is 0 Å². The van der Waals surface area contributed by atoms with Gasteiger partial charge in [0, 0.05) is 6.54 Å². The van der Waals surface area contributed by atoms with E-state index in [1.807, 2.05) is 18.5 Å². The first-order chi connectivity index (χ1) is 6.38. The highest BCUT2D eigenvalue weighted by Gasteiger charge is 1.99. The van der Waals surface area contributed by atoms with Crippen molar-refractivity contribution in [3.05, 3.63) is 12.2 Å². The van der Waals surface area contributed by atoms with Crippen LogP contribution in [0.4, 0.5) is 0 Å². The fourth-order valence-electron chi connectivity index (χ4n) is 1.01. The van der Waals surface area contributed by atoms with E-state index in [1.165, 1.54) is 0 Å². The van der Waals surface area contributed by atoms with Gasteiger partial charge in [-0.15, -0.1) is 5.92 Å². The van der Waals surface area contributed by atoms with Crippen LogP contribution in [0.2, 0.25) is 0 Å². The zero-order chi connectivity index (χ0) is 9.52. The molecule has 13 heavy (non-hydrogen) atoms. The maximum atomic E-state index is 4.13. The van der Waals surface area contributed by atoms with Gasteiger partial charge in [0.25, 0.3) is 0 Å². The molecular formula is C9H14N4. The highest BCUT2D eigenvalue weighted by Crippen LogP contribution is 1.91. The Balaban J connectivity index is 2.38. The van der Waals surface area contributed by atoms with Crippen molar-refractivity contribution < 1.29 is 0 Å². The quantitative estimate of drug-likeness (QED) is 0.536. The zero-order valence-electron chi connectivity index (χ0n) is 8.04. The van der Waals surface area contributed by atoms with Crippen LogP contribution in [0.1, 0.15) is 19.7 Å². The Hall–Kier alpha value is -1.34. The Bertz CT molecular complexity index is 305. The second-order valence-electron chi connectivity index (χ2n) is 2.52. The SMILES string of the molecule is CC#CCNCc1ncnn1CC. The maximum absolute atomic E-state index is 4.13. The molecule has 0 aromatic carbocycles. The smallest absolute Gasteiger partial charge is 0.140 e. The Kier molecular flexibility index (Phi) is 4.00. The van der Waals surface area contributed by atoms with Crippen LogP contribution in [0.5, 0.6) is 0 Å². The number of nitrogens with zero attached hydrogens (tertiary/aromatic N) is 3. The first kappa shape index (κ1) is 9.75. The Labute approximate surface area is 78.4 Å². The molecule has 70 valence electrons. The van der Waals surface area contributed by atoms with Crippen LogP contribution < -0.4 is 5.32 Å². The Morgan fingerprint density at radius 2 is 2.46 bits per heavy atom. The van der Waals surface area contributed by atoms with Crippen LogP contribution in [0.25, 0.3) is 0 Å². The molecule has 1 aromatic rings. The minimum absolute atomic E-state index is 0.701. The summed E-state index contributed by atoms with van der Waals surface area (Å²) in [5, 5.41) is 7.23. The molecular weight excluding hydrogens is 164 g/mol. The van der Waals surface area contributed by atoms with Crippen LogP contribution in [0, 0.1) is 11.8 Å². The lowest BCUT2D eigenvalue weighted by molar-refractivity contribution is 0.588. The van der Waals surface area contributed by atoms with E-state index in [2.05, 4.69) is 27.2 Å². The molecule has 0 aliphatic rings. The molecule has 0 spiro atoms. The van der Waals surface area contributed by atoms with Gasteiger partial charge >= 0.3 is 0 Å². The minimum atomic E-state index is 0.701. The fourth-order valence-corrected chi connectivity index (χ4v) is 1.01. The van der Waals surface area contributed by atoms with E-state index in [0.717, 1.165) is 18.9 Å². The van der Waals surface area contributed by atoms with E-state index in [1.54, 1.807) is 6.33 Å². The first-order valence-corrected chi connectivity index (χ1v) is 4.35. The van der Waals surface area contributed by atoms with Crippen molar-refractivity contribution in [2.45, 2.75) is 26.9 Å². The van der Waals surface area contributed by atoms with Crippen molar-refractivity contribution in [3.8, 4) is 11.8 Å². The van der Waals surface area contributed by atoms with Crippen molar-refractivity contribution in [1.29, 1.82) is 0 Å². The summed E-state index contributed by atoms with van der Waals surface area (Å²) in [6.45, 7) is 6.16. The molecule has 1 heterocycles. The van der Waals surface area contributed by atoms with E-state index in [9.17, 15) is 0 Å². The van der Waals surface area contributed by atoms with Gasteiger partial charge in [-0.1, -0.05) is 5.92 Å². The highest BCUT2D eigenvalue weighted by atomic mass is 15.3. The van der Waals surface area contributed by atoms with Crippen molar-refractivity contribution in [2.75, 3.05) is 6.54 Å². The summed E-state index contributed by atoms with van der Waals surface area (Å²) in [5.74, 6) is 6.71. The predicted octanol–water partition coefficient (Wildman–Crippen LogP) is 0.411. The number of nitrogens with one attached hydrogen (secondary N) is 1. The van der Waals surface area contributed by atoms with Crippen LogP contribution in [0.3, 0.4) is 0 Å². The van der Waals surface area contributed by atoms with Crippen LogP contribution in [-0.2, 0) is 13.1 Å². The summed E-state index contributed by atoms with van der Waals surface area (Å²) in [4.78, 5) is 4.13. The Morgan fingerprint density at radius 1 is 1.62 bits per heavy atom. The lowest BCUT2D eigenvalue weighted by Crippen LogP contribution is -2.17. The van der Waals surface area contributed by atoms with Gasteiger partial charge < -0.3 is 0 Å². The van der Waals surface area contributed by atoms with Gasteiger partial charge in [-0.2, -0.15) is 5.10 Å². The molecule has 0 saturated carbocycles. The summed E-state index contributed by atoms with van der Waals surface area (Å²) in [7, 11) is 0. The number of rotatable bonds is 4. The molecule has 0 atom stereocenters. The van der Waals surface area contributed by atoms with Crippen molar-refractivity contribution in [3.63, 3.8) is 0 Å². The molecule has 0 saturated heterocycles. The normalized spacial score (nSPS) is 9.38. The van der Waals surface area contributed by atoms with E-state index in [0.29, 0.717) is 6.54 Å². The number of hydrogen-bond donors (Lipinski definition) is 1. The molecule has 1 rings (SSSR count). The average molecular weight is 178 g/mol. The molecule has 0 amide bonds. The highest BCUT2D eigenvalue weighted by molar-refractivity contribution is 4.97. The second kappa shape index (κ2) is 5.33. The van der Waals surface area contributed by atoms with Crippen LogP contribution in [0.15, 0.2) is 6.33 Å². The molecule has 1 N–H and O–H groups in total. The summed E-state index contributed by atoms with van der Waals surface area (Å²) in [5.41, 5.74) is 0. The van der Waals surface area contributed by atoms with Crippen molar-refractivity contribution in [2.24, 2.45) is 0 Å². The molecule has 0 unspecified atom stereocenters. The molecule has 0 aliphatic heterocycles. The van der Waals surface area contributed by atoms with Gasteiger partial charge in [-0.25, -0.2) is 9.67 Å². The summed E-state index contributed by atoms with van der Waals surface area (Å²) in [6.07, 6.45) is 1.58. The Morgan fingerprint density at radius 3 is 3.15 bits per heavy atom. The van der Waals surface area contributed by atoms with Gasteiger partial charge in [-0.05, 0) is 13.8 Å². The van der Waals surface area contributed by atoms with E-state index in [-0.39, 0.29) is 0 Å². The lowest BCUT2D eigenvalue weighted by atomic mass is 10.5. The molecule has 0 bridgehead atoms. The third-order valence-electron chi connectivity index (χ3n) is 1.67.